The van der Waals surface area contributed by atoms with E-state index in [2.05, 4.69) is 15.8 Å². The molecule has 0 aromatic carbocycles. The Balaban J connectivity index is 2.37. The molecule has 1 aliphatic rings. The van der Waals surface area contributed by atoms with Crippen LogP contribution >= 0.6 is 0 Å². The van der Waals surface area contributed by atoms with E-state index in [1.807, 2.05) is 6.92 Å². The van der Waals surface area contributed by atoms with Gasteiger partial charge in [0.1, 0.15) is 0 Å². The molecule has 1 unspecified atom stereocenters. The Hall–Kier alpha value is -1.46. The summed E-state index contributed by atoms with van der Waals surface area (Å²) in [5.74, 6) is 0.0443. The first-order chi connectivity index (χ1) is 7.17. The van der Waals surface area contributed by atoms with Crippen molar-refractivity contribution in [2.75, 3.05) is 0 Å². The molecule has 2 amide bonds. The molecule has 5 N–H and O–H groups in total. The first kappa shape index (κ1) is 11.6. The number of hydrogen-bond donors (Lipinski definition) is 4. The molecule has 0 aromatic rings. The van der Waals surface area contributed by atoms with Gasteiger partial charge >= 0.3 is 6.03 Å². The Morgan fingerprint density at radius 1 is 1.67 bits per heavy atom. The summed E-state index contributed by atoms with van der Waals surface area (Å²) in [4.78, 5) is 11.4. The summed E-state index contributed by atoms with van der Waals surface area (Å²) in [6, 6.07) is -0.333. The van der Waals surface area contributed by atoms with E-state index < -0.39 is 6.04 Å². The number of rotatable bonds is 5. The number of amidine groups is 1. The van der Waals surface area contributed by atoms with Crippen molar-refractivity contribution < 1.29 is 10.0 Å². The average molecular weight is 214 g/mol. The molecule has 1 fully saturated rings. The molecule has 6 nitrogen and oxygen atoms in total. The maximum atomic E-state index is 11.4. The van der Waals surface area contributed by atoms with Gasteiger partial charge in [-0.25, -0.2) is 4.79 Å². The second kappa shape index (κ2) is 5.43. The maximum absolute atomic E-state index is 11.4. The van der Waals surface area contributed by atoms with Crippen LogP contribution in [0, 0.1) is 0 Å². The number of nitrogens with two attached hydrogens (primary N) is 1. The standard InChI is InChI=1S/C9H18N4O2/c1-2-3-7(8(10)13-15)12-9(14)11-6-4-5-6/h6-7,15H,2-5H2,1H3,(H2,10,13)(H2,11,12,14). The normalized spacial score (nSPS) is 18.3. The molecule has 0 aliphatic heterocycles. The van der Waals surface area contributed by atoms with Gasteiger partial charge in [0.05, 0.1) is 6.04 Å². The van der Waals surface area contributed by atoms with E-state index in [-0.39, 0.29) is 11.9 Å². The molecule has 15 heavy (non-hydrogen) atoms. The lowest BCUT2D eigenvalue weighted by Crippen LogP contribution is -2.49. The van der Waals surface area contributed by atoms with Crippen LogP contribution in [0.1, 0.15) is 32.6 Å². The Kier molecular flexibility index (Phi) is 4.20. The zero-order chi connectivity index (χ0) is 11.3. The van der Waals surface area contributed by atoms with Crippen LogP contribution in [-0.2, 0) is 0 Å². The summed E-state index contributed by atoms with van der Waals surface area (Å²) in [6.45, 7) is 1.97. The van der Waals surface area contributed by atoms with Crippen molar-refractivity contribution in [2.45, 2.75) is 44.7 Å². The number of amides is 2. The Bertz CT molecular complexity index is 250. The highest BCUT2D eigenvalue weighted by molar-refractivity contribution is 5.89. The van der Waals surface area contributed by atoms with Crippen LogP contribution < -0.4 is 16.4 Å². The molecule has 0 spiro atoms. The number of urea groups is 1. The van der Waals surface area contributed by atoms with E-state index in [0.717, 1.165) is 19.3 Å². The molecule has 0 aromatic heterocycles. The second-order valence-corrected chi connectivity index (χ2v) is 3.76. The van der Waals surface area contributed by atoms with E-state index in [9.17, 15) is 4.79 Å². The molecule has 1 aliphatic carbocycles. The Labute approximate surface area is 88.9 Å². The number of nitrogens with zero attached hydrogens (tertiary/aromatic N) is 1. The minimum absolute atomic E-state index is 0.0443. The third-order valence-corrected chi connectivity index (χ3v) is 2.27. The van der Waals surface area contributed by atoms with Crippen LogP contribution in [0.25, 0.3) is 0 Å². The van der Waals surface area contributed by atoms with Gasteiger partial charge in [-0.3, -0.25) is 0 Å². The number of nitrogens with one attached hydrogen (secondary N) is 2. The highest BCUT2D eigenvalue weighted by Gasteiger charge is 2.24. The topological polar surface area (TPSA) is 99.7 Å². The minimum Gasteiger partial charge on any atom is -0.409 e. The minimum atomic E-state index is -0.390. The van der Waals surface area contributed by atoms with E-state index in [4.69, 9.17) is 10.9 Å². The molecule has 1 atom stereocenters. The van der Waals surface area contributed by atoms with Crippen molar-refractivity contribution in [2.24, 2.45) is 10.9 Å². The van der Waals surface area contributed by atoms with Gasteiger partial charge in [0.25, 0.3) is 0 Å². The third kappa shape index (κ3) is 4.05. The highest BCUT2D eigenvalue weighted by atomic mass is 16.4. The first-order valence-electron chi connectivity index (χ1n) is 5.21. The van der Waals surface area contributed by atoms with Crippen molar-refractivity contribution in [3.05, 3.63) is 0 Å². The maximum Gasteiger partial charge on any atom is 0.315 e. The van der Waals surface area contributed by atoms with Crippen molar-refractivity contribution in [3.8, 4) is 0 Å². The van der Waals surface area contributed by atoms with Gasteiger partial charge in [-0.15, -0.1) is 0 Å². The second-order valence-electron chi connectivity index (χ2n) is 3.76. The number of carbonyl (C=O) groups excluding carboxylic acids is 1. The predicted molar refractivity (Wildman–Crippen MR) is 56.8 cm³/mol. The third-order valence-electron chi connectivity index (χ3n) is 2.27. The molecule has 0 saturated heterocycles. The molecule has 0 heterocycles. The van der Waals surface area contributed by atoms with Crippen LogP contribution in [0.3, 0.4) is 0 Å². The van der Waals surface area contributed by atoms with E-state index in [1.165, 1.54) is 0 Å². The van der Waals surface area contributed by atoms with Crippen LogP contribution in [0.5, 0.6) is 0 Å². The van der Waals surface area contributed by atoms with Gasteiger partial charge < -0.3 is 21.6 Å². The van der Waals surface area contributed by atoms with Gasteiger partial charge in [0.2, 0.25) is 0 Å². The molecule has 0 radical (unpaired) electrons. The fourth-order valence-electron chi connectivity index (χ4n) is 1.27. The average Bonchev–Trinajstić information content (AvgIpc) is 2.99. The summed E-state index contributed by atoms with van der Waals surface area (Å²) in [6.07, 6.45) is 3.59. The fraction of sp³-hybridized carbons (Fsp3) is 0.778. The molecule has 86 valence electrons. The van der Waals surface area contributed by atoms with E-state index >= 15 is 0 Å². The molecule has 1 saturated carbocycles. The lowest BCUT2D eigenvalue weighted by Gasteiger charge is -2.16. The van der Waals surface area contributed by atoms with E-state index in [1.54, 1.807) is 0 Å². The number of oxime groups is 1. The van der Waals surface area contributed by atoms with Gasteiger partial charge in [-0.1, -0.05) is 18.5 Å². The van der Waals surface area contributed by atoms with Crippen LogP contribution in [-0.4, -0.2) is 29.2 Å². The first-order valence-corrected chi connectivity index (χ1v) is 5.21. The molecule has 0 bridgehead atoms. The van der Waals surface area contributed by atoms with Crippen LogP contribution in [0.4, 0.5) is 4.79 Å². The highest BCUT2D eigenvalue weighted by Crippen LogP contribution is 2.18. The fourth-order valence-corrected chi connectivity index (χ4v) is 1.27. The molecular formula is C9H18N4O2. The largest absolute Gasteiger partial charge is 0.409 e. The summed E-state index contributed by atoms with van der Waals surface area (Å²) < 4.78 is 0. The number of hydrogen-bond acceptors (Lipinski definition) is 3. The van der Waals surface area contributed by atoms with Crippen LogP contribution in [0.2, 0.25) is 0 Å². The van der Waals surface area contributed by atoms with Crippen molar-refractivity contribution in [1.82, 2.24) is 10.6 Å². The Morgan fingerprint density at radius 2 is 2.33 bits per heavy atom. The summed E-state index contributed by atoms with van der Waals surface area (Å²) in [5.41, 5.74) is 5.46. The zero-order valence-corrected chi connectivity index (χ0v) is 8.86. The van der Waals surface area contributed by atoms with Gasteiger partial charge in [-0.05, 0) is 19.3 Å². The summed E-state index contributed by atoms with van der Waals surface area (Å²) >= 11 is 0. The summed E-state index contributed by atoms with van der Waals surface area (Å²) in [7, 11) is 0. The zero-order valence-electron chi connectivity index (χ0n) is 8.86. The smallest absolute Gasteiger partial charge is 0.315 e. The monoisotopic (exact) mass is 214 g/mol. The predicted octanol–water partition coefficient (Wildman–Crippen LogP) is 0.363. The SMILES string of the molecule is CCCC(NC(=O)NC1CC1)C(N)=NO. The van der Waals surface area contributed by atoms with Gasteiger partial charge in [-0.2, -0.15) is 0 Å². The quantitative estimate of drug-likeness (QED) is 0.230. The lowest BCUT2D eigenvalue weighted by molar-refractivity contribution is 0.238. The molecular weight excluding hydrogens is 196 g/mol. The van der Waals surface area contributed by atoms with Crippen molar-refractivity contribution in [1.29, 1.82) is 0 Å². The van der Waals surface area contributed by atoms with Crippen molar-refractivity contribution in [3.63, 3.8) is 0 Å². The van der Waals surface area contributed by atoms with Crippen molar-refractivity contribution >= 4 is 11.9 Å². The molecule has 1 rings (SSSR count). The van der Waals surface area contributed by atoms with Gasteiger partial charge in [0, 0.05) is 6.04 Å². The van der Waals surface area contributed by atoms with Gasteiger partial charge in [0.15, 0.2) is 5.84 Å². The summed E-state index contributed by atoms with van der Waals surface area (Å²) in [5, 5.41) is 16.9. The molecule has 6 heteroatoms. The van der Waals surface area contributed by atoms with E-state index in [0.29, 0.717) is 12.5 Å². The Morgan fingerprint density at radius 3 is 2.80 bits per heavy atom. The lowest BCUT2D eigenvalue weighted by atomic mass is 10.1. The van der Waals surface area contributed by atoms with Crippen LogP contribution in [0.15, 0.2) is 5.16 Å². The number of carbonyl (C=O) groups is 1.